The second-order valence-electron chi connectivity index (χ2n) is 4.40. The minimum absolute atomic E-state index is 0.408. The van der Waals surface area contributed by atoms with Crippen molar-refractivity contribution < 1.29 is 13.5 Å². The molecule has 6 heteroatoms. The maximum absolute atomic E-state index is 13.2. The van der Waals surface area contributed by atoms with Gasteiger partial charge in [-0.3, -0.25) is 4.68 Å². The number of ether oxygens (including phenoxy) is 1. The van der Waals surface area contributed by atoms with Crippen molar-refractivity contribution in [3.63, 3.8) is 0 Å². The Balaban J connectivity index is 1.99. The van der Waals surface area contributed by atoms with E-state index in [-0.39, 0.29) is 0 Å². The van der Waals surface area contributed by atoms with E-state index in [0.717, 1.165) is 18.3 Å². The number of nitrogens with one attached hydrogen (secondary N) is 1. The third kappa shape index (κ3) is 3.85. The Bertz CT molecular complexity index is 557. The van der Waals surface area contributed by atoms with E-state index >= 15 is 0 Å². The molecule has 2 aromatic rings. The molecule has 0 radical (unpaired) electrons. The standard InChI is InChI=1S/C14H17F2N3O/c1-20-7-6-17-9-12-4-5-18-19(12)10-11-2-3-13(15)14(16)8-11/h2-5,8,17H,6-7,9-10H2,1H3. The molecule has 2 rings (SSSR count). The lowest BCUT2D eigenvalue weighted by atomic mass is 10.2. The molecule has 0 aliphatic carbocycles. The molecule has 0 saturated heterocycles. The zero-order chi connectivity index (χ0) is 14.4. The van der Waals surface area contributed by atoms with Gasteiger partial charge in [-0.1, -0.05) is 6.07 Å². The van der Waals surface area contributed by atoms with Crippen LogP contribution < -0.4 is 5.32 Å². The topological polar surface area (TPSA) is 39.1 Å². The van der Waals surface area contributed by atoms with Crippen molar-refractivity contribution in [2.24, 2.45) is 0 Å². The van der Waals surface area contributed by atoms with E-state index in [0.29, 0.717) is 25.3 Å². The number of benzene rings is 1. The summed E-state index contributed by atoms with van der Waals surface area (Å²) in [6.45, 7) is 2.43. The summed E-state index contributed by atoms with van der Waals surface area (Å²) in [5, 5.41) is 7.41. The Morgan fingerprint density at radius 1 is 1.25 bits per heavy atom. The Hall–Kier alpha value is -1.79. The Morgan fingerprint density at radius 2 is 2.10 bits per heavy atom. The molecule has 0 amide bonds. The first-order valence-electron chi connectivity index (χ1n) is 6.35. The van der Waals surface area contributed by atoms with Crippen molar-refractivity contribution in [1.82, 2.24) is 15.1 Å². The molecule has 20 heavy (non-hydrogen) atoms. The van der Waals surface area contributed by atoms with Crippen LogP contribution in [-0.4, -0.2) is 30.0 Å². The molecule has 1 aromatic heterocycles. The van der Waals surface area contributed by atoms with Gasteiger partial charge in [0.05, 0.1) is 18.8 Å². The molecule has 0 fully saturated rings. The van der Waals surface area contributed by atoms with Crippen molar-refractivity contribution in [3.8, 4) is 0 Å². The zero-order valence-corrected chi connectivity index (χ0v) is 11.3. The van der Waals surface area contributed by atoms with Crippen LogP contribution in [0.2, 0.25) is 0 Å². The van der Waals surface area contributed by atoms with Crippen molar-refractivity contribution in [2.75, 3.05) is 20.3 Å². The fourth-order valence-corrected chi connectivity index (χ4v) is 1.85. The molecule has 1 aromatic carbocycles. The van der Waals surface area contributed by atoms with Crippen LogP contribution in [0.4, 0.5) is 8.78 Å². The second kappa shape index (κ2) is 7.12. The van der Waals surface area contributed by atoms with E-state index < -0.39 is 11.6 Å². The quantitative estimate of drug-likeness (QED) is 0.788. The molecular weight excluding hydrogens is 264 g/mol. The summed E-state index contributed by atoms with van der Waals surface area (Å²) in [7, 11) is 1.65. The molecule has 0 spiro atoms. The summed E-state index contributed by atoms with van der Waals surface area (Å²) in [5.41, 5.74) is 1.65. The average Bonchev–Trinajstić information content (AvgIpc) is 2.86. The Kier molecular flexibility index (Phi) is 5.20. The first kappa shape index (κ1) is 14.6. The van der Waals surface area contributed by atoms with Crippen LogP contribution in [0.3, 0.4) is 0 Å². The van der Waals surface area contributed by atoms with Crippen LogP contribution in [0, 0.1) is 11.6 Å². The molecule has 108 valence electrons. The number of hydrogen-bond donors (Lipinski definition) is 1. The molecule has 0 unspecified atom stereocenters. The average molecular weight is 281 g/mol. The van der Waals surface area contributed by atoms with E-state index in [2.05, 4.69) is 10.4 Å². The number of halogens is 2. The largest absolute Gasteiger partial charge is 0.383 e. The van der Waals surface area contributed by atoms with E-state index in [4.69, 9.17) is 4.74 Å². The van der Waals surface area contributed by atoms with Gasteiger partial charge in [0.15, 0.2) is 11.6 Å². The van der Waals surface area contributed by atoms with Gasteiger partial charge in [0.2, 0.25) is 0 Å². The fraction of sp³-hybridized carbons (Fsp3) is 0.357. The van der Waals surface area contributed by atoms with E-state index in [1.807, 2.05) is 6.07 Å². The summed E-state index contributed by atoms with van der Waals surface area (Å²) in [6.07, 6.45) is 1.69. The lowest BCUT2D eigenvalue weighted by Gasteiger charge is -2.09. The molecule has 0 aliphatic heterocycles. The van der Waals surface area contributed by atoms with Crippen LogP contribution >= 0.6 is 0 Å². The minimum atomic E-state index is -0.838. The minimum Gasteiger partial charge on any atom is -0.383 e. The summed E-state index contributed by atoms with van der Waals surface area (Å²) >= 11 is 0. The third-order valence-electron chi connectivity index (χ3n) is 2.91. The van der Waals surface area contributed by atoms with E-state index in [9.17, 15) is 8.78 Å². The molecule has 1 heterocycles. The van der Waals surface area contributed by atoms with Gasteiger partial charge in [-0.25, -0.2) is 8.78 Å². The van der Waals surface area contributed by atoms with Crippen LogP contribution in [0.25, 0.3) is 0 Å². The van der Waals surface area contributed by atoms with Gasteiger partial charge in [-0.05, 0) is 23.8 Å². The van der Waals surface area contributed by atoms with Gasteiger partial charge in [0, 0.05) is 26.4 Å². The van der Waals surface area contributed by atoms with Gasteiger partial charge in [0.25, 0.3) is 0 Å². The highest BCUT2D eigenvalue weighted by Gasteiger charge is 2.06. The van der Waals surface area contributed by atoms with Crippen LogP contribution in [0.1, 0.15) is 11.3 Å². The zero-order valence-electron chi connectivity index (χ0n) is 11.3. The first-order valence-corrected chi connectivity index (χ1v) is 6.35. The number of nitrogens with zero attached hydrogens (tertiary/aromatic N) is 2. The molecule has 0 saturated carbocycles. The van der Waals surface area contributed by atoms with Crippen LogP contribution in [-0.2, 0) is 17.8 Å². The number of methoxy groups -OCH3 is 1. The monoisotopic (exact) mass is 281 g/mol. The highest BCUT2D eigenvalue weighted by Crippen LogP contribution is 2.11. The highest BCUT2D eigenvalue weighted by atomic mass is 19.2. The highest BCUT2D eigenvalue weighted by molar-refractivity contribution is 5.18. The lowest BCUT2D eigenvalue weighted by molar-refractivity contribution is 0.199. The van der Waals surface area contributed by atoms with Crippen LogP contribution in [0.15, 0.2) is 30.5 Å². The summed E-state index contributed by atoms with van der Waals surface area (Å²) in [5.74, 6) is -1.68. The van der Waals surface area contributed by atoms with Crippen molar-refractivity contribution in [2.45, 2.75) is 13.1 Å². The van der Waals surface area contributed by atoms with Crippen molar-refractivity contribution >= 4 is 0 Å². The van der Waals surface area contributed by atoms with Crippen molar-refractivity contribution in [1.29, 1.82) is 0 Å². The van der Waals surface area contributed by atoms with Gasteiger partial charge >= 0.3 is 0 Å². The molecule has 0 atom stereocenters. The number of hydrogen-bond acceptors (Lipinski definition) is 3. The van der Waals surface area contributed by atoms with E-state index in [1.54, 1.807) is 24.1 Å². The fourth-order valence-electron chi connectivity index (χ4n) is 1.85. The van der Waals surface area contributed by atoms with Crippen molar-refractivity contribution in [3.05, 3.63) is 53.4 Å². The molecule has 4 nitrogen and oxygen atoms in total. The second-order valence-corrected chi connectivity index (χ2v) is 4.40. The molecular formula is C14H17F2N3O. The van der Waals surface area contributed by atoms with Gasteiger partial charge in [0.1, 0.15) is 0 Å². The summed E-state index contributed by atoms with van der Waals surface area (Å²) in [6, 6.07) is 5.77. The lowest BCUT2D eigenvalue weighted by Crippen LogP contribution is -2.21. The van der Waals surface area contributed by atoms with E-state index in [1.165, 1.54) is 6.07 Å². The Labute approximate surface area is 116 Å². The predicted octanol–water partition coefficient (Wildman–Crippen LogP) is 1.95. The number of rotatable bonds is 7. The Morgan fingerprint density at radius 3 is 2.85 bits per heavy atom. The van der Waals surface area contributed by atoms with Gasteiger partial charge < -0.3 is 10.1 Å². The SMILES string of the molecule is COCCNCc1ccnn1Cc1ccc(F)c(F)c1. The van der Waals surface area contributed by atoms with Crippen LogP contribution in [0.5, 0.6) is 0 Å². The maximum Gasteiger partial charge on any atom is 0.159 e. The predicted molar refractivity (Wildman–Crippen MR) is 71.3 cm³/mol. The van der Waals surface area contributed by atoms with Gasteiger partial charge in [-0.15, -0.1) is 0 Å². The smallest absolute Gasteiger partial charge is 0.159 e. The normalized spacial score (nSPS) is 10.9. The number of aromatic nitrogens is 2. The molecule has 1 N–H and O–H groups in total. The summed E-state index contributed by atoms with van der Waals surface area (Å²) < 4.78 is 32.7. The summed E-state index contributed by atoms with van der Waals surface area (Å²) in [4.78, 5) is 0. The third-order valence-corrected chi connectivity index (χ3v) is 2.91. The molecule has 0 bridgehead atoms. The first-order chi connectivity index (χ1) is 9.70. The molecule has 0 aliphatic rings. The van der Waals surface area contributed by atoms with Gasteiger partial charge in [-0.2, -0.15) is 5.10 Å². The maximum atomic E-state index is 13.2.